The lowest BCUT2D eigenvalue weighted by Crippen LogP contribution is -2.37. The summed E-state index contributed by atoms with van der Waals surface area (Å²) in [5, 5.41) is 5.09. The minimum Gasteiger partial charge on any atom is -0.609 e. The first-order chi connectivity index (χ1) is 16.1. The van der Waals surface area contributed by atoms with Crippen LogP contribution in [0, 0.1) is 0 Å². The van der Waals surface area contributed by atoms with Crippen molar-refractivity contribution in [3.63, 3.8) is 0 Å². The van der Waals surface area contributed by atoms with Crippen LogP contribution in [0.3, 0.4) is 0 Å². The van der Waals surface area contributed by atoms with Crippen molar-refractivity contribution in [2.45, 2.75) is 18.6 Å². The minimum atomic E-state index is -1.26. The number of rotatable bonds is 6. The number of morpholine rings is 1. The molecular weight excluding hydrogens is 442 g/mol. The van der Waals surface area contributed by atoms with Crippen LogP contribution < -0.4 is 9.64 Å². The molecule has 1 aliphatic rings. The Morgan fingerprint density at radius 2 is 1.88 bits per heavy atom. The highest BCUT2D eigenvalue weighted by atomic mass is 32.2. The van der Waals surface area contributed by atoms with Gasteiger partial charge in [-0.05, 0) is 12.5 Å². The Labute approximate surface area is 194 Å². The van der Waals surface area contributed by atoms with E-state index in [4.69, 9.17) is 19.4 Å². The van der Waals surface area contributed by atoms with Crippen LogP contribution in [-0.2, 0) is 22.5 Å². The largest absolute Gasteiger partial charge is 0.609 e. The predicted octanol–water partition coefficient (Wildman–Crippen LogP) is 2.28. The van der Waals surface area contributed by atoms with Gasteiger partial charge in [0.25, 0.3) is 5.95 Å². The van der Waals surface area contributed by atoms with Gasteiger partial charge in [0.1, 0.15) is 6.26 Å². The fraction of sp³-hybridized carbons (Fsp3) is 0.364. The van der Waals surface area contributed by atoms with Crippen LogP contribution >= 0.6 is 0 Å². The van der Waals surface area contributed by atoms with Crippen LogP contribution in [0.15, 0.2) is 41.7 Å². The lowest BCUT2D eigenvalue weighted by atomic mass is 10.1. The van der Waals surface area contributed by atoms with E-state index in [2.05, 4.69) is 15.0 Å². The van der Waals surface area contributed by atoms with Crippen LogP contribution in [0.5, 0.6) is 5.88 Å². The lowest BCUT2D eigenvalue weighted by molar-refractivity contribution is 0.122. The Hall–Kier alpha value is -3.15. The quantitative estimate of drug-likeness (QED) is 0.398. The Morgan fingerprint density at radius 1 is 1.12 bits per heavy atom. The first-order valence-electron chi connectivity index (χ1n) is 10.7. The molecule has 0 bridgehead atoms. The van der Waals surface area contributed by atoms with E-state index in [0.717, 1.165) is 11.1 Å². The molecule has 0 saturated carbocycles. The molecule has 3 aromatic heterocycles. The molecular formula is C22H25N7O3S. The second kappa shape index (κ2) is 9.00. The fourth-order valence-electron chi connectivity index (χ4n) is 3.98. The highest BCUT2D eigenvalue weighted by molar-refractivity contribution is 7.90. The zero-order chi connectivity index (χ0) is 22.9. The maximum atomic E-state index is 12.4. The molecule has 33 heavy (non-hydrogen) atoms. The number of aryl methyl sites for hydroxylation is 1. The van der Waals surface area contributed by atoms with Gasteiger partial charge in [-0.3, -0.25) is 4.57 Å². The SMILES string of the molecule is CCn1c([S+](C)[O-])nc2c(N3CCOCC3)nc(-n3cc(-c4ccccc4)c(OC)n3)nc21. The smallest absolute Gasteiger partial charge is 0.325 e. The number of ether oxygens (including phenoxy) is 2. The molecule has 0 amide bonds. The van der Waals surface area contributed by atoms with Gasteiger partial charge in [0.2, 0.25) is 5.88 Å². The molecule has 172 valence electrons. The number of aromatic nitrogens is 6. The highest BCUT2D eigenvalue weighted by Crippen LogP contribution is 2.31. The van der Waals surface area contributed by atoms with Crippen molar-refractivity contribution in [1.82, 2.24) is 29.3 Å². The van der Waals surface area contributed by atoms with Crippen molar-refractivity contribution in [3.05, 3.63) is 36.5 Å². The van der Waals surface area contributed by atoms with E-state index in [1.807, 2.05) is 48.0 Å². The Morgan fingerprint density at radius 3 is 2.55 bits per heavy atom. The molecule has 0 spiro atoms. The summed E-state index contributed by atoms with van der Waals surface area (Å²) < 4.78 is 27.0. The van der Waals surface area contributed by atoms with E-state index in [9.17, 15) is 4.55 Å². The van der Waals surface area contributed by atoms with E-state index in [-0.39, 0.29) is 0 Å². The van der Waals surface area contributed by atoms with Crippen LogP contribution in [0.1, 0.15) is 6.92 Å². The van der Waals surface area contributed by atoms with Crippen molar-refractivity contribution in [2.24, 2.45) is 0 Å². The standard InChI is InChI=1S/C22H25N7O3S/c1-4-28-19-17(23-22(28)33(3)30)18(27-10-12-32-13-11-27)24-21(25-19)29-14-16(20(26-29)31-2)15-8-6-5-7-9-15/h5-9,14H,4,10-13H2,1-3H3. The molecule has 1 atom stereocenters. The van der Waals surface area contributed by atoms with Gasteiger partial charge in [0.05, 0.1) is 25.9 Å². The van der Waals surface area contributed by atoms with Gasteiger partial charge in [-0.15, -0.1) is 5.10 Å². The third-order valence-corrected chi connectivity index (χ3v) is 6.40. The minimum absolute atomic E-state index is 0.396. The number of nitrogens with zero attached hydrogens (tertiary/aromatic N) is 7. The molecule has 1 saturated heterocycles. The summed E-state index contributed by atoms with van der Waals surface area (Å²) in [6.45, 7) is 5.16. The third-order valence-electron chi connectivity index (χ3n) is 5.58. The molecule has 0 N–H and O–H groups in total. The summed E-state index contributed by atoms with van der Waals surface area (Å²) in [5.74, 6) is 1.57. The summed E-state index contributed by atoms with van der Waals surface area (Å²) in [7, 11) is 1.59. The Balaban J connectivity index is 1.71. The number of fused-ring (bicyclic) bond motifs is 1. The number of methoxy groups -OCH3 is 1. The van der Waals surface area contributed by atoms with Crippen LogP contribution in [0.2, 0.25) is 0 Å². The first kappa shape index (κ1) is 21.7. The molecule has 4 heterocycles. The average Bonchev–Trinajstić information content (AvgIpc) is 3.46. The van der Waals surface area contributed by atoms with Crippen molar-refractivity contribution in [1.29, 1.82) is 0 Å². The number of anilines is 1. The van der Waals surface area contributed by atoms with Gasteiger partial charge in [0, 0.05) is 37.0 Å². The van der Waals surface area contributed by atoms with Gasteiger partial charge in [-0.1, -0.05) is 30.3 Å². The van der Waals surface area contributed by atoms with E-state index in [1.54, 1.807) is 18.0 Å². The molecule has 1 aliphatic heterocycles. The molecule has 10 nitrogen and oxygen atoms in total. The normalized spacial score (nSPS) is 15.2. The Kier molecular flexibility index (Phi) is 5.92. The third kappa shape index (κ3) is 3.92. The van der Waals surface area contributed by atoms with Crippen LogP contribution in [0.25, 0.3) is 28.2 Å². The molecule has 4 aromatic rings. The van der Waals surface area contributed by atoms with Gasteiger partial charge in [-0.2, -0.15) is 15.0 Å². The summed E-state index contributed by atoms with van der Waals surface area (Å²) >= 11 is -1.26. The van der Waals surface area contributed by atoms with Crippen molar-refractivity contribution in [2.75, 3.05) is 44.6 Å². The highest BCUT2D eigenvalue weighted by Gasteiger charge is 2.27. The molecule has 0 aliphatic carbocycles. The zero-order valence-corrected chi connectivity index (χ0v) is 19.6. The predicted molar refractivity (Wildman–Crippen MR) is 125 cm³/mol. The number of imidazole rings is 1. The molecule has 1 fully saturated rings. The first-order valence-corrected chi connectivity index (χ1v) is 12.3. The van der Waals surface area contributed by atoms with Gasteiger partial charge < -0.3 is 18.9 Å². The summed E-state index contributed by atoms with van der Waals surface area (Å²) in [6.07, 6.45) is 3.49. The molecule has 11 heteroatoms. The van der Waals surface area contributed by atoms with E-state index >= 15 is 0 Å². The second-order valence-electron chi connectivity index (χ2n) is 7.57. The molecule has 1 unspecified atom stereocenters. The zero-order valence-electron chi connectivity index (χ0n) is 18.8. The maximum Gasteiger partial charge on any atom is 0.325 e. The number of benzene rings is 1. The molecule has 5 rings (SSSR count). The van der Waals surface area contributed by atoms with Crippen molar-refractivity contribution in [3.8, 4) is 23.0 Å². The topological polar surface area (TPSA) is 106 Å². The Bertz CT molecular complexity index is 1270. The fourth-order valence-corrected chi connectivity index (χ4v) is 4.73. The molecule has 0 radical (unpaired) electrons. The van der Waals surface area contributed by atoms with E-state index in [0.29, 0.717) is 66.8 Å². The van der Waals surface area contributed by atoms with Gasteiger partial charge >= 0.3 is 5.16 Å². The summed E-state index contributed by atoms with van der Waals surface area (Å²) in [5.41, 5.74) is 3.09. The van der Waals surface area contributed by atoms with Crippen molar-refractivity contribution < 1.29 is 14.0 Å². The second-order valence-corrected chi connectivity index (χ2v) is 8.85. The van der Waals surface area contributed by atoms with Gasteiger partial charge in [-0.25, -0.2) is 4.68 Å². The van der Waals surface area contributed by atoms with E-state index < -0.39 is 11.2 Å². The van der Waals surface area contributed by atoms with Crippen LogP contribution in [0.4, 0.5) is 5.82 Å². The average molecular weight is 468 g/mol. The number of hydrogen-bond acceptors (Lipinski definition) is 8. The van der Waals surface area contributed by atoms with E-state index in [1.165, 1.54) is 0 Å². The lowest BCUT2D eigenvalue weighted by Gasteiger charge is -2.27. The summed E-state index contributed by atoms with van der Waals surface area (Å²) in [6, 6.07) is 9.91. The van der Waals surface area contributed by atoms with Gasteiger partial charge in [0.15, 0.2) is 17.0 Å². The molecule has 1 aromatic carbocycles. The number of hydrogen-bond donors (Lipinski definition) is 0. The summed E-state index contributed by atoms with van der Waals surface area (Å²) in [4.78, 5) is 16.5. The maximum absolute atomic E-state index is 12.4. The van der Waals surface area contributed by atoms with Crippen molar-refractivity contribution >= 4 is 28.2 Å². The monoisotopic (exact) mass is 467 g/mol. The van der Waals surface area contributed by atoms with Crippen LogP contribution in [-0.4, -0.2) is 73.5 Å².